The van der Waals surface area contributed by atoms with E-state index in [1.807, 2.05) is 0 Å². The van der Waals surface area contributed by atoms with Crippen LogP contribution in [0.3, 0.4) is 0 Å². The number of fused-ring (bicyclic) bond motifs is 4. The topological polar surface area (TPSA) is 37.0 Å². The fraction of sp³-hybridized carbons (Fsp3) is 0.467. The molecule has 1 aromatic heterocycles. The average molecular weight is 368 g/mol. The molecule has 1 unspecified atom stereocenters. The molecule has 1 spiro atoms. The van der Waals surface area contributed by atoms with Gasteiger partial charge in [0.15, 0.2) is 0 Å². The second-order valence-corrected chi connectivity index (χ2v) is 6.83. The monoisotopic (exact) mass is 368 g/mol. The first-order valence-corrected chi connectivity index (χ1v) is 8.00. The molecular weight excluding hydrogens is 351 g/mol. The Kier molecular flexibility index (Phi) is 2.86. The lowest BCUT2D eigenvalue weighted by molar-refractivity contribution is 0.0136. The van der Waals surface area contributed by atoms with Crippen molar-refractivity contribution in [2.45, 2.75) is 24.8 Å². The molecule has 4 rings (SSSR count). The number of aromatic nitrogens is 1. The molecule has 2 N–H and O–H groups in total. The maximum absolute atomic E-state index is 5.76. The van der Waals surface area contributed by atoms with Crippen molar-refractivity contribution in [2.24, 2.45) is 0 Å². The Morgan fingerprint density at radius 3 is 3.11 bits per heavy atom. The second-order valence-electron chi connectivity index (χ2n) is 5.58. The molecule has 4 heteroatoms. The Labute approximate surface area is 126 Å². The molecule has 1 atom stereocenters. The summed E-state index contributed by atoms with van der Waals surface area (Å²) in [6.07, 6.45) is 3.42. The van der Waals surface area contributed by atoms with Crippen LogP contribution in [0.5, 0.6) is 0 Å². The summed E-state index contributed by atoms with van der Waals surface area (Å²) < 4.78 is 7.04. The van der Waals surface area contributed by atoms with Crippen LogP contribution in [-0.4, -0.2) is 24.7 Å². The molecular formula is C15H17IN2O. The fourth-order valence-corrected chi connectivity index (χ4v) is 4.03. The molecule has 3 nitrogen and oxygen atoms in total. The van der Waals surface area contributed by atoms with Crippen molar-refractivity contribution < 1.29 is 4.74 Å². The van der Waals surface area contributed by atoms with Crippen LogP contribution in [0.2, 0.25) is 0 Å². The number of ether oxygens (including phenoxy) is 1. The quantitative estimate of drug-likeness (QED) is 0.702. The first kappa shape index (κ1) is 12.2. The molecule has 0 saturated carbocycles. The highest BCUT2D eigenvalue weighted by molar-refractivity contribution is 14.1. The standard InChI is InChI=1S/C15H17IN2O/c16-10-2-3-11-12-4-6-17-15(5-1-7-19-9-15)14(12)18-13(11)8-10/h2-3,8,17-18H,1,4-7,9H2. The maximum atomic E-state index is 5.76. The Bertz CT molecular complexity index is 628. The number of halogens is 1. The molecule has 1 aromatic carbocycles. The Balaban J connectivity index is 1.92. The molecule has 0 radical (unpaired) electrons. The molecule has 1 fully saturated rings. The summed E-state index contributed by atoms with van der Waals surface area (Å²) in [7, 11) is 0. The smallest absolute Gasteiger partial charge is 0.0827 e. The lowest BCUT2D eigenvalue weighted by Gasteiger charge is -2.41. The normalized spacial score (nSPS) is 26.8. The van der Waals surface area contributed by atoms with Gasteiger partial charge in [0.25, 0.3) is 0 Å². The molecule has 2 aliphatic heterocycles. The molecule has 2 aromatic rings. The number of nitrogens with one attached hydrogen (secondary N) is 2. The van der Waals surface area contributed by atoms with Gasteiger partial charge in [-0.2, -0.15) is 0 Å². The summed E-state index contributed by atoms with van der Waals surface area (Å²) in [6.45, 7) is 2.75. The number of rotatable bonds is 0. The van der Waals surface area contributed by atoms with Crippen LogP contribution in [0.15, 0.2) is 18.2 Å². The molecule has 1 saturated heterocycles. The first-order valence-electron chi connectivity index (χ1n) is 6.92. The van der Waals surface area contributed by atoms with Gasteiger partial charge in [0.1, 0.15) is 0 Å². The lowest BCUT2D eigenvalue weighted by atomic mass is 9.83. The summed E-state index contributed by atoms with van der Waals surface area (Å²) in [5, 5.41) is 5.10. The van der Waals surface area contributed by atoms with Crippen molar-refractivity contribution in [3.63, 3.8) is 0 Å². The van der Waals surface area contributed by atoms with Crippen LogP contribution < -0.4 is 5.32 Å². The highest BCUT2D eigenvalue weighted by Gasteiger charge is 2.40. The zero-order chi connectivity index (χ0) is 12.9. The van der Waals surface area contributed by atoms with Crippen molar-refractivity contribution in [3.8, 4) is 0 Å². The minimum Gasteiger partial charge on any atom is -0.379 e. The largest absolute Gasteiger partial charge is 0.379 e. The van der Waals surface area contributed by atoms with E-state index in [0.717, 1.165) is 32.6 Å². The number of aromatic amines is 1. The van der Waals surface area contributed by atoms with Crippen LogP contribution in [0.1, 0.15) is 24.1 Å². The third-order valence-corrected chi connectivity index (χ3v) is 5.10. The predicted molar refractivity (Wildman–Crippen MR) is 84.5 cm³/mol. The van der Waals surface area contributed by atoms with Crippen molar-refractivity contribution in [1.82, 2.24) is 10.3 Å². The van der Waals surface area contributed by atoms with Crippen LogP contribution in [-0.2, 0) is 16.7 Å². The molecule has 19 heavy (non-hydrogen) atoms. The fourth-order valence-electron chi connectivity index (χ4n) is 3.54. The number of benzene rings is 1. The van der Waals surface area contributed by atoms with Gasteiger partial charge >= 0.3 is 0 Å². The van der Waals surface area contributed by atoms with Crippen molar-refractivity contribution in [2.75, 3.05) is 19.8 Å². The molecule has 3 heterocycles. The van der Waals surface area contributed by atoms with E-state index in [9.17, 15) is 0 Å². The van der Waals surface area contributed by atoms with Gasteiger partial charge in [-0.1, -0.05) is 6.07 Å². The summed E-state index contributed by atoms with van der Waals surface area (Å²) >= 11 is 2.37. The summed E-state index contributed by atoms with van der Waals surface area (Å²) in [5.41, 5.74) is 4.16. The van der Waals surface area contributed by atoms with Crippen molar-refractivity contribution in [1.29, 1.82) is 0 Å². The number of hydrogen-bond acceptors (Lipinski definition) is 2. The van der Waals surface area contributed by atoms with Gasteiger partial charge in [-0.25, -0.2) is 0 Å². The lowest BCUT2D eigenvalue weighted by Crippen LogP contribution is -2.52. The zero-order valence-corrected chi connectivity index (χ0v) is 12.9. The number of H-pyrrole nitrogens is 1. The summed E-state index contributed by atoms with van der Waals surface area (Å²) in [6, 6.07) is 6.70. The van der Waals surface area contributed by atoms with Gasteiger partial charge < -0.3 is 15.0 Å². The highest BCUT2D eigenvalue weighted by Crippen LogP contribution is 2.38. The van der Waals surface area contributed by atoms with E-state index in [1.165, 1.54) is 32.2 Å². The number of hydrogen-bond donors (Lipinski definition) is 2. The van der Waals surface area contributed by atoms with Crippen LogP contribution in [0.4, 0.5) is 0 Å². The predicted octanol–water partition coefficient (Wildman–Crippen LogP) is 2.92. The van der Waals surface area contributed by atoms with E-state index in [1.54, 1.807) is 0 Å². The molecule has 2 aliphatic rings. The van der Waals surface area contributed by atoms with Crippen LogP contribution in [0, 0.1) is 3.57 Å². The van der Waals surface area contributed by atoms with Crippen molar-refractivity contribution >= 4 is 33.5 Å². The van der Waals surface area contributed by atoms with Gasteiger partial charge in [0, 0.05) is 33.3 Å². The summed E-state index contributed by atoms with van der Waals surface area (Å²) in [5.74, 6) is 0. The van der Waals surface area contributed by atoms with Gasteiger partial charge in [-0.3, -0.25) is 0 Å². The Hall–Kier alpha value is -0.590. The van der Waals surface area contributed by atoms with E-state index < -0.39 is 0 Å². The van der Waals surface area contributed by atoms with Crippen LogP contribution in [0.25, 0.3) is 10.9 Å². The molecule has 0 amide bonds. The van der Waals surface area contributed by atoms with E-state index in [0.29, 0.717) is 0 Å². The van der Waals surface area contributed by atoms with E-state index in [2.05, 4.69) is 51.1 Å². The zero-order valence-electron chi connectivity index (χ0n) is 10.8. The average Bonchev–Trinajstić information content (AvgIpc) is 2.79. The van der Waals surface area contributed by atoms with Crippen molar-refractivity contribution in [3.05, 3.63) is 33.0 Å². The Morgan fingerprint density at radius 2 is 2.26 bits per heavy atom. The summed E-state index contributed by atoms with van der Waals surface area (Å²) in [4.78, 5) is 3.67. The van der Waals surface area contributed by atoms with Crippen LogP contribution >= 0.6 is 22.6 Å². The molecule has 0 bridgehead atoms. The third-order valence-electron chi connectivity index (χ3n) is 4.43. The molecule has 100 valence electrons. The second kappa shape index (κ2) is 4.46. The van der Waals surface area contributed by atoms with Gasteiger partial charge in [0.2, 0.25) is 0 Å². The maximum Gasteiger partial charge on any atom is 0.0827 e. The third kappa shape index (κ3) is 1.84. The van der Waals surface area contributed by atoms with E-state index in [-0.39, 0.29) is 5.54 Å². The van der Waals surface area contributed by atoms with E-state index >= 15 is 0 Å². The highest BCUT2D eigenvalue weighted by atomic mass is 127. The van der Waals surface area contributed by atoms with Gasteiger partial charge in [-0.15, -0.1) is 0 Å². The van der Waals surface area contributed by atoms with Gasteiger partial charge in [-0.05, 0) is 59.5 Å². The first-order chi connectivity index (χ1) is 9.28. The molecule has 0 aliphatic carbocycles. The van der Waals surface area contributed by atoms with E-state index in [4.69, 9.17) is 4.74 Å². The Morgan fingerprint density at radius 1 is 1.32 bits per heavy atom. The SMILES string of the molecule is Ic1ccc2c3c([nH]c2c1)C1(CCCOC1)NCC3. The minimum absolute atomic E-state index is 0.0241. The van der Waals surface area contributed by atoms with Gasteiger partial charge in [0.05, 0.1) is 12.1 Å². The minimum atomic E-state index is 0.0241.